The number of benzene rings is 4. The van der Waals surface area contributed by atoms with Gasteiger partial charge in [0.25, 0.3) is 0 Å². The van der Waals surface area contributed by atoms with E-state index >= 15 is 0 Å². The molecule has 0 atom stereocenters. The molecule has 0 aliphatic carbocycles. The average molecular weight is 408 g/mol. The first-order chi connectivity index (χ1) is 15.3. The second-order valence-electron chi connectivity index (χ2n) is 7.79. The van der Waals surface area contributed by atoms with Crippen LogP contribution in [0.3, 0.4) is 0 Å². The molecular formula is C29H29NO. The summed E-state index contributed by atoms with van der Waals surface area (Å²) in [7, 11) is 0. The summed E-state index contributed by atoms with van der Waals surface area (Å²) in [6, 6.07) is 40.5. The van der Waals surface area contributed by atoms with Gasteiger partial charge in [-0.05, 0) is 53.8 Å². The Morgan fingerprint density at radius 2 is 1.13 bits per heavy atom. The number of nitrogens with two attached hydrogens (primary N) is 1. The van der Waals surface area contributed by atoms with Crippen molar-refractivity contribution >= 4 is 0 Å². The Balaban J connectivity index is 1.71. The Kier molecular flexibility index (Phi) is 6.81. The monoisotopic (exact) mass is 407 g/mol. The van der Waals surface area contributed by atoms with Gasteiger partial charge >= 0.3 is 0 Å². The minimum absolute atomic E-state index is 0.293. The van der Waals surface area contributed by atoms with E-state index in [0.717, 1.165) is 18.6 Å². The van der Waals surface area contributed by atoms with Crippen LogP contribution in [0.2, 0.25) is 0 Å². The Morgan fingerprint density at radius 1 is 0.613 bits per heavy atom. The van der Waals surface area contributed by atoms with Gasteiger partial charge in [0, 0.05) is 5.41 Å². The average Bonchev–Trinajstić information content (AvgIpc) is 2.84. The van der Waals surface area contributed by atoms with Gasteiger partial charge in [-0.1, -0.05) is 103 Å². The summed E-state index contributed by atoms with van der Waals surface area (Å²) in [5.41, 5.74) is 10.4. The molecule has 4 aromatic carbocycles. The first-order valence-electron chi connectivity index (χ1n) is 10.9. The van der Waals surface area contributed by atoms with Crippen LogP contribution in [-0.2, 0) is 11.8 Å². The lowest BCUT2D eigenvalue weighted by Gasteiger charge is -2.36. The van der Waals surface area contributed by atoms with Crippen molar-refractivity contribution in [2.45, 2.75) is 18.3 Å². The molecule has 0 unspecified atom stereocenters. The van der Waals surface area contributed by atoms with Gasteiger partial charge in [-0.25, -0.2) is 0 Å². The van der Waals surface area contributed by atoms with Gasteiger partial charge in [0.2, 0.25) is 0 Å². The summed E-state index contributed by atoms with van der Waals surface area (Å²) in [4.78, 5) is 0. The highest BCUT2D eigenvalue weighted by Gasteiger charge is 2.36. The smallest absolute Gasteiger partial charge is 0.119 e. The Labute approximate surface area is 185 Å². The highest BCUT2D eigenvalue weighted by molar-refractivity contribution is 5.50. The predicted molar refractivity (Wildman–Crippen MR) is 129 cm³/mol. The standard InChI is InChI=1S/C29H29NO/c30-21-19-24-11-10-18-28(23-24)31-22-20-29(25-12-4-1-5-13-25,26-14-6-2-7-15-26)27-16-8-3-9-17-27/h1-18,23H,19-22,30H2. The van der Waals surface area contributed by atoms with E-state index in [1.165, 1.54) is 22.3 Å². The first-order valence-corrected chi connectivity index (χ1v) is 10.9. The van der Waals surface area contributed by atoms with Crippen molar-refractivity contribution in [2.75, 3.05) is 13.2 Å². The van der Waals surface area contributed by atoms with Crippen LogP contribution in [-0.4, -0.2) is 13.2 Å². The van der Waals surface area contributed by atoms with E-state index in [9.17, 15) is 0 Å². The Morgan fingerprint density at radius 3 is 1.61 bits per heavy atom. The van der Waals surface area contributed by atoms with Crippen LogP contribution in [0.4, 0.5) is 0 Å². The largest absolute Gasteiger partial charge is 0.494 e. The van der Waals surface area contributed by atoms with Crippen LogP contribution in [0.5, 0.6) is 5.75 Å². The number of rotatable bonds is 9. The number of hydrogen-bond acceptors (Lipinski definition) is 2. The molecule has 2 N–H and O–H groups in total. The molecule has 156 valence electrons. The molecule has 4 rings (SSSR count). The summed E-state index contributed by atoms with van der Waals surface area (Å²) in [5.74, 6) is 0.897. The molecule has 0 aliphatic heterocycles. The molecule has 0 heterocycles. The summed E-state index contributed by atoms with van der Waals surface area (Å²) < 4.78 is 6.27. The molecule has 0 saturated heterocycles. The second kappa shape index (κ2) is 10.1. The summed E-state index contributed by atoms with van der Waals surface area (Å²) in [5, 5.41) is 0. The van der Waals surface area contributed by atoms with Crippen LogP contribution >= 0.6 is 0 Å². The lowest BCUT2D eigenvalue weighted by molar-refractivity contribution is 0.286. The quantitative estimate of drug-likeness (QED) is 0.346. The highest BCUT2D eigenvalue weighted by Crippen LogP contribution is 2.42. The van der Waals surface area contributed by atoms with Crippen LogP contribution in [0.25, 0.3) is 0 Å². The molecule has 0 bridgehead atoms. The topological polar surface area (TPSA) is 35.2 Å². The third kappa shape index (κ3) is 4.70. The van der Waals surface area contributed by atoms with Crippen LogP contribution in [0.1, 0.15) is 28.7 Å². The SMILES string of the molecule is NCCc1cccc(OCCC(c2ccccc2)(c2ccccc2)c2ccccc2)c1. The van der Waals surface area contributed by atoms with Gasteiger partial charge < -0.3 is 10.5 Å². The maximum Gasteiger partial charge on any atom is 0.119 e. The molecule has 31 heavy (non-hydrogen) atoms. The van der Waals surface area contributed by atoms with E-state index < -0.39 is 0 Å². The normalized spacial score (nSPS) is 11.3. The molecule has 0 aromatic heterocycles. The first kappa shape index (κ1) is 20.9. The van der Waals surface area contributed by atoms with E-state index in [1.807, 2.05) is 12.1 Å². The maximum atomic E-state index is 6.27. The summed E-state index contributed by atoms with van der Waals surface area (Å²) in [6.07, 6.45) is 1.69. The van der Waals surface area contributed by atoms with Crippen LogP contribution < -0.4 is 10.5 Å². The lowest BCUT2D eigenvalue weighted by atomic mass is 9.67. The van der Waals surface area contributed by atoms with Crippen molar-refractivity contribution in [2.24, 2.45) is 5.73 Å². The highest BCUT2D eigenvalue weighted by atomic mass is 16.5. The van der Waals surface area contributed by atoms with E-state index in [4.69, 9.17) is 10.5 Å². The molecule has 0 spiro atoms. The molecule has 0 radical (unpaired) electrons. The van der Waals surface area contributed by atoms with Gasteiger partial charge in [0.15, 0.2) is 0 Å². The van der Waals surface area contributed by atoms with E-state index in [2.05, 4.69) is 103 Å². The third-order valence-electron chi connectivity index (χ3n) is 5.88. The van der Waals surface area contributed by atoms with Crippen LogP contribution in [0, 0.1) is 0 Å². The van der Waals surface area contributed by atoms with Crippen molar-refractivity contribution in [1.82, 2.24) is 0 Å². The molecule has 0 aliphatic rings. The minimum atomic E-state index is -0.293. The van der Waals surface area contributed by atoms with Gasteiger partial charge in [-0.2, -0.15) is 0 Å². The minimum Gasteiger partial charge on any atom is -0.494 e. The molecular weight excluding hydrogens is 378 g/mol. The van der Waals surface area contributed by atoms with Crippen molar-refractivity contribution in [3.8, 4) is 5.75 Å². The zero-order valence-electron chi connectivity index (χ0n) is 17.8. The van der Waals surface area contributed by atoms with Gasteiger partial charge in [0.1, 0.15) is 5.75 Å². The van der Waals surface area contributed by atoms with Crippen molar-refractivity contribution in [3.63, 3.8) is 0 Å². The van der Waals surface area contributed by atoms with E-state index in [0.29, 0.717) is 13.2 Å². The van der Waals surface area contributed by atoms with Crippen LogP contribution in [0.15, 0.2) is 115 Å². The molecule has 0 fully saturated rings. The van der Waals surface area contributed by atoms with E-state index in [-0.39, 0.29) is 5.41 Å². The summed E-state index contributed by atoms with van der Waals surface area (Å²) >= 11 is 0. The van der Waals surface area contributed by atoms with Crippen molar-refractivity contribution in [3.05, 3.63) is 138 Å². The number of hydrogen-bond donors (Lipinski definition) is 1. The predicted octanol–water partition coefficient (Wildman–Crippen LogP) is 5.99. The lowest BCUT2D eigenvalue weighted by Crippen LogP contribution is -2.31. The molecule has 4 aromatic rings. The number of ether oxygens (including phenoxy) is 1. The zero-order valence-corrected chi connectivity index (χ0v) is 17.8. The summed E-state index contributed by atoms with van der Waals surface area (Å²) in [6.45, 7) is 1.24. The molecule has 0 amide bonds. The fraction of sp³-hybridized carbons (Fsp3) is 0.172. The molecule has 2 nitrogen and oxygen atoms in total. The Bertz CT molecular complexity index is 965. The van der Waals surface area contributed by atoms with Gasteiger partial charge in [-0.15, -0.1) is 0 Å². The van der Waals surface area contributed by atoms with Gasteiger partial charge in [0.05, 0.1) is 6.61 Å². The van der Waals surface area contributed by atoms with Crippen molar-refractivity contribution in [1.29, 1.82) is 0 Å². The fourth-order valence-electron chi connectivity index (χ4n) is 4.38. The van der Waals surface area contributed by atoms with Crippen molar-refractivity contribution < 1.29 is 4.74 Å². The zero-order chi connectivity index (χ0) is 21.4. The Hall–Kier alpha value is -3.36. The molecule has 0 saturated carbocycles. The molecule has 2 heteroatoms. The maximum absolute atomic E-state index is 6.27. The second-order valence-corrected chi connectivity index (χ2v) is 7.79. The fourth-order valence-corrected chi connectivity index (χ4v) is 4.38. The third-order valence-corrected chi connectivity index (χ3v) is 5.88. The van der Waals surface area contributed by atoms with Gasteiger partial charge in [-0.3, -0.25) is 0 Å². The van der Waals surface area contributed by atoms with E-state index in [1.54, 1.807) is 0 Å².